The summed E-state index contributed by atoms with van der Waals surface area (Å²) < 4.78 is 26.6. The summed E-state index contributed by atoms with van der Waals surface area (Å²) >= 11 is 1.06. The van der Waals surface area contributed by atoms with E-state index in [4.69, 9.17) is 0 Å². The van der Waals surface area contributed by atoms with Crippen molar-refractivity contribution in [3.63, 3.8) is 0 Å². The number of thioether (sulfide) groups is 1. The van der Waals surface area contributed by atoms with Crippen LogP contribution >= 0.6 is 11.8 Å². The lowest BCUT2D eigenvalue weighted by atomic mass is 10.1. The van der Waals surface area contributed by atoms with E-state index in [1.807, 2.05) is 18.2 Å². The average molecular weight is 442 g/mol. The first kappa shape index (κ1) is 21.2. The number of aromatic amines is 1. The van der Waals surface area contributed by atoms with Crippen molar-refractivity contribution in [1.29, 1.82) is 0 Å². The quantitative estimate of drug-likeness (QED) is 0.452. The largest absolute Gasteiger partial charge is 0.323 e. The SMILES string of the molecule is O=C(CSc1nc2c(c(=O)[nH]1)CN(Cc1ccccc1)CC2)Nc1ccc(F)cc1F. The molecule has 4 rings (SSSR count). The van der Waals surface area contributed by atoms with Crippen LogP contribution < -0.4 is 10.9 Å². The van der Waals surface area contributed by atoms with Crippen LogP contribution in [0.1, 0.15) is 16.8 Å². The molecule has 0 saturated heterocycles. The molecule has 6 nitrogen and oxygen atoms in total. The Balaban J connectivity index is 1.37. The Bertz CT molecular complexity index is 1150. The van der Waals surface area contributed by atoms with Gasteiger partial charge in [-0.25, -0.2) is 13.8 Å². The summed E-state index contributed by atoms with van der Waals surface area (Å²) in [6.07, 6.45) is 0.645. The molecule has 0 bridgehead atoms. The number of nitrogens with one attached hydrogen (secondary N) is 2. The minimum atomic E-state index is -0.848. The fourth-order valence-electron chi connectivity index (χ4n) is 3.41. The zero-order valence-electron chi connectivity index (χ0n) is 16.5. The zero-order chi connectivity index (χ0) is 21.8. The molecule has 3 aromatic rings. The van der Waals surface area contributed by atoms with Crippen molar-refractivity contribution < 1.29 is 13.6 Å². The maximum Gasteiger partial charge on any atom is 0.256 e. The van der Waals surface area contributed by atoms with Crippen molar-refractivity contribution >= 4 is 23.4 Å². The lowest BCUT2D eigenvalue weighted by Gasteiger charge is -2.27. The van der Waals surface area contributed by atoms with Crippen LogP contribution in [0, 0.1) is 11.6 Å². The first-order chi connectivity index (χ1) is 15.0. The van der Waals surface area contributed by atoms with Gasteiger partial charge in [-0.1, -0.05) is 42.1 Å². The number of hydrogen-bond acceptors (Lipinski definition) is 5. The third-order valence-corrected chi connectivity index (χ3v) is 5.79. The van der Waals surface area contributed by atoms with Crippen molar-refractivity contribution in [3.05, 3.63) is 87.3 Å². The summed E-state index contributed by atoms with van der Waals surface area (Å²) in [5.74, 6) is -2.12. The molecule has 1 aliphatic heterocycles. The molecule has 0 unspecified atom stereocenters. The fraction of sp³-hybridized carbons (Fsp3) is 0.227. The topological polar surface area (TPSA) is 78.1 Å². The highest BCUT2D eigenvalue weighted by Crippen LogP contribution is 2.20. The molecule has 2 N–H and O–H groups in total. The monoisotopic (exact) mass is 442 g/mol. The summed E-state index contributed by atoms with van der Waals surface area (Å²) in [6.45, 7) is 2.06. The Morgan fingerprint density at radius 3 is 2.77 bits per heavy atom. The molecule has 0 atom stereocenters. The van der Waals surface area contributed by atoms with Crippen LogP contribution in [-0.2, 0) is 24.3 Å². The number of amides is 1. The lowest BCUT2D eigenvalue weighted by molar-refractivity contribution is -0.113. The summed E-state index contributed by atoms with van der Waals surface area (Å²) in [5.41, 5.74) is 2.25. The van der Waals surface area contributed by atoms with Gasteiger partial charge in [0, 0.05) is 32.1 Å². The van der Waals surface area contributed by atoms with Crippen molar-refractivity contribution in [2.45, 2.75) is 24.7 Å². The van der Waals surface area contributed by atoms with Gasteiger partial charge >= 0.3 is 0 Å². The Hall–Kier alpha value is -3.04. The van der Waals surface area contributed by atoms with E-state index in [9.17, 15) is 18.4 Å². The number of aromatic nitrogens is 2. The smallest absolute Gasteiger partial charge is 0.256 e. The van der Waals surface area contributed by atoms with E-state index in [0.29, 0.717) is 29.8 Å². The minimum absolute atomic E-state index is 0.0708. The number of carbonyl (C=O) groups excluding carboxylic acids is 1. The Morgan fingerprint density at radius 1 is 1.19 bits per heavy atom. The van der Waals surface area contributed by atoms with Crippen LogP contribution in [0.5, 0.6) is 0 Å². The number of benzene rings is 2. The van der Waals surface area contributed by atoms with Crippen LogP contribution in [0.2, 0.25) is 0 Å². The number of carbonyl (C=O) groups is 1. The molecular formula is C22H20F2N4O2S. The molecule has 1 aliphatic rings. The number of hydrogen-bond donors (Lipinski definition) is 2. The molecule has 9 heteroatoms. The summed E-state index contributed by atoms with van der Waals surface area (Å²) in [4.78, 5) is 34.1. The molecule has 0 aliphatic carbocycles. The van der Waals surface area contributed by atoms with Crippen molar-refractivity contribution in [2.75, 3.05) is 17.6 Å². The molecule has 31 heavy (non-hydrogen) atoms. The fourth-order valence-corrected chi connectivity index (χ4v) is 4.09. The lowest BCUT2D eigenvalue weighted by Crippen LogP contribution is -2.35. The number of halogens is 2. The normalized spacial score (nSPS) is 13.6. The molecule has 0 saturated carbocycles. The van der Waals surface area contributed by atoms with Gasteiger partial charge in [-0.2, -0.15) is 0 Å². The molecule has 2 heterocycles. The molecule has 160 valence electrons. The van der Waals surface area contributed by atoms with Crippen molar-refractivity contribution in [1.82, 2.24) is 14.9 Å². The van der Waals surface area contributed by atoms with Crippen molar-refractivity contribution in [2.24, 2.45) is 0 Å². The van der Waals surface area contributed by atoms with E-state index < -0.39 is 17.5 Å². The van der Waals surface area contributed by atoms with E-state index in [0.717, 1.165) is 42.7 Å². The van der Waals surface area contributed by atoms with E-state index in [1.54, 1.807) is 0 Å². The Morgan fingerprint density at radius 2 is 2.00 bits per heavy atom. The highest BCUT2D eigenvalue weighted by atomic mass is 32.2. The average Bonchev–Trinajstić information content (AvgIpc) is 2.75. The van der Waals surface area contributed by atoms with Crippen LogP contribution in [-0.4, -0.2) is 33.1 Å². The van der Waals surface area contributed by atoms with Crippen LogP contribution in [0.3, 0.4) is 0 Å². The number of rotatable bonds is 6. The predicted molar refractivity (Wildman–Crippen MR) is 115 cm³/mol. The molecule has 1 amide bonds. The van der Waals surface area contributed by atoms with E-state index >= 15 is 0 Å². The van der Waals surface area contributed by atoms with Gasteiger partial charge < -0.3 is 10.3 Å². The predicted octanol–water partition coefficient (Wildman–Crippen LogP) is 3.34. The van der Waals surface area contributed by atoms with Gasteiger partial charge in [0.2, 0.25) is 5.91 Å². The highest BCUT2D eigenvalue weighted by molar-refractivity contribution is 7.99. The summed E-state index contributed by atoms with van der Waals surface area (Å²) in [7, 11) is 0. The van der Waals surface area contributed by atoms with Crippen LogP contribution in [0.15, 0.2) is 58.5 Å². The molecule has 0 spiro atoms. The van der Waals surface area contributed by atoms with Crippen LogP contribution in [0.25, 0.3) is 0 Å². The van der Waals surface area contributed by atoms with Gasteiger partial charge in [0.25, 0.3) is 5.56 Å². The summed E-state index contributed by atoms with van der Waals surface area (Å²) in [5, 5.41) is 2.73. The van der Waals surface area contributed by atoms with Gasteiger partial charge in [0.1, 0.15) is 11.6 Å². The highest BCUT2D eigenvalue weighted by Gasteiger charge is 2.21. The second-order valence-corrected chi connectivity index (χ2v) is 8.17. The first-order valence-corrected chi connectivity index (χ1v) is 10.7. The van der Waals surface area contributed by atoms with Gasteiger partial charge in [0.05, 0.1) is 22.7 Å². The number of nitrogens with zero attached hydrogens (tertiary/aromatic N) is 2. The van der Waals surface area contributed by atoms with Crippen LogP contribution in [0.4, 0.5) is 14.5 Å². The van der Waals surface area contributed by atoms with E-state index in [2.05, 4.69) is 32.3 Å². The second-order valence-electron chi connectivity index (χ2n) is 7.20. The van der Waals surface area contributed by atoms with Gasteiger partial charge in [-0.3, -0.25) is 14.5 Å². The van der Waals surface area contributed by atoms with Crippen molar-refractivity contribution in [3.8, 4) is 0 Å². The number of H-pyrrole nitrogens is 1. The molecule has 0 fully saturated rings. The van der Waals surface area contributed by atoms with Gasteiger partial charge in [-0.05, 0) is 17.7 Å². The Labute approximate surface area is 181 Å². The standard InChI is InChI=1S/C22H20F2N4O2S/c23-15-6-7-19(17(24)10-15)25-20(29)13-31-22-26-18-8-9-28(12-16(18)21(30)27-22)11-14-4-2-1-3-5-14/h1-7,10H,8-9,11-13H2,(H,25,29)(H,26,27,30). The maximum atomic E-state index is 13.7. The maximum absolute atomic E-state index is 13.7. The molecule has 2 aromatic carbocycles. The Kier molecular flexibility index (Phi) is 6.43. The minimum Gasteiger partial charge on any atom is -0.323 e. The number of anilines is 1. The van der Waals surface area contributed by atoms with E-state index in [-0.39, 0.29) is 17.0 Å². The first-order valence-electron chi connectivity index (χ1n) is 9.74. The van der Waals surface area contributed by atoms with Gasteiger partial charge in [0.15, 0.2) is 5.16 Å². The van der Waals surface area contributed by atoms with Gasteiger partial charge in [-0.15, -0.1) is 0 Å². The molecule has 0 radical (unpaired) electrons. The zero-order valence-corrected chi connectivity index (χ0v) is 17.3. The third kappa shape index (κ3) is 5.36. The summed E-state index contributed by atoms with van der Waals surface area (Å²) in [6, 6.07) is 13.0. The van der Waals surface area contributed by atoms with E-state index in [1.165, 1.54) is 5.56 Å². The molecule has 1 aromatic heterocycles. The second kappa shape index (κ2) is 9.40. The molecular weight excluding hydrogens is 422 g/mol. The number of fused-ring (bicyclic) bond motifs is 1. The third-order valence-electron chi connectivity index (χ3n) is 4.92.